The number of fused-ring (bicyclic) bond motifs is 1. The van der Waals surface area contributed by atoms with Crippen LogP contribution >= 0.6 is 0 Å². The van der Waals surface area contributed by atoms with Crippen molar-refractivity contribution >= 4 is 29.2 Å². The maximum atomic E-state index is 13.4. The van der Waals surface area contributed by atoms with E-state index in [-0.39, 0.29) is 16.9 Å². The predicted octanol–water partition coefficient (Wildman–Crippen LogP) is 5.04. The highest BCUT2D eigenvalue weighted by Crippen LogP contribution is 2.39. The molecule has 8 heteroatoms. The number of aromatic nitrogens is 1. The molecule has 6 nitrogen and oxygen atoms in total. The number of hydrogen-bond donors (Lipinski definition) is 1. The van der Waals surface area contributed by atoms with Gasteiger partial charge in [-0.25, -0.2) is 8.42 Å². The topological polar surface area (TPSA) is 71.8 Å². The smallest absolute Gasteiger partial charge is 0.243 e. The van der Waals surface area contributed by atoms with Crippen LogP contribution in [0.3, 0.4) is 0 Å². The first-order valence-corrected chi connectivity index (χ1v) is 15.4. The third-order valence-electron chi connectivity index (χ3n) is 6.99. The molecule has 1 N–H and O–H groups in total. The lowest BCUT2D eigenvalue weighted by atomic mass is 10.2. The van der Waals surface area contributed by atoms with Gasteiger partial charge < -0.3 is 14.1 Å². The molecule has 0 spiro atoms. The Labute approximate surface area is 191 Å². The van der Waals surface area contributed by atoms with Crippen LogP contribution in [0.5, 0.6) is 11.5 Å². The van der Waals surface area contributed by atoms with Crippen molar-refractivity contribution in [1.29, 1.82) is 0 Å². The van der Waals surface area contributed by atoms with Gasteiger partial charge in [-0.1, -0.05) is 39.9 Å². The van der Waals surface area contributed by atoms with Crippen LogP contribution in [0.25, 0.3) is 10.9 Å². The first kappa shape index (κ1) is 22.9. The Morgan fingerprint density at radius 2 is 1.75 bits per heavy atom. The molecule has 1 unspecified atom stereocenters. The van der Waals surface area contributed by atoms with Crippen LogP contribution in [-0.2, 0) is 10.0 Å². The van der Waals surface area contributed by atoms with Crippen LogP contribution in [0.1, 0.15) is 27.2 Å². The van der Waals surface area contributed by atoms with Crippen molar-refractivity contribution in [2.75, 3.05) is 13.1 Å². The Balaban J connectivity index is 1.59. The summed E-state index contributed by atoms with van der Waals surface area (Å²) >= 11 is 0. The second kappa shape index (κ2) is 7.93. The molecule has 172 valence electrons. The molecule has 0 radical (unpaired) electrons. The minimum absolute atomic E-state index is 0.127. The van der Waals surface area contributed by atoms with Crippen molar-refractivity contribution in [2.24, 2.45) is 0 Å². The highest BCUT2D eigenvalue weighted by Gasteiger charge is 2.39. The molecular formula is C24H32N2O4SSi. The van der Waals surface area contributed by atoms with Gasteiger partial charge in [0.25, 0.3) is 0 Å². The molecule has 1 aromatic heterocycles. The number of hydrogen-bond acceptors (Lipinski definition) is 4. The van der Waals surface area contributed by atoms with Crippen LogP contribution in [0.2, 0.25) is 18.1 Å². The lowest BCUT2D eigenvalue weighted by Gasteiger charge is -2.38. The van der Waals surface area contributed by atoms with E-state index in [1.54, 1.807) is 30.3 Å². The molecule has 1 fully saturated rings. The maximum Gasteiger partial charge on any atom is 0.243 e. The number of rotatable bonds is 5. The van der Waals surface area contributed by atoms with E-state index >= 15 is 0 Å². The summed E-state index contributed by atoms with van der Waals surface area (Å²) < 4.78 is 36.6. The molecule has 0 amide bonds. The van der Waals surface area contributed by atoms with Crippen molar-refractivity contribution in [3.63, 3.8) is 0 Å². The second-order valence-electron chi connectivity index (χ2n) is 10.1. The zero-order valence-electron chi connectivity index (χ0n) is 19.4. The van der Waals surface area contributed by atoms with Crippen LogP contribution in [0.4, 0.5) is 0 Å². The Kier molecular flexibility index (Phi) is 5.67. The molecule has 0 saturated carbocycles. The Hall–Kier alpha value is -2.29. The number of sulfonamides is 1. The molecule has 1 saturated heterocycles. The van der Waals surface area contributed by atoms with E-state index in [4.69, 9.17) is 4.74 Å². The molecule has 2 aromatic carbocycles. The Bertz CT molecular complexity index is 1230. The number of phenols is 1. The van der Waals surface area contributed by atoms with Crippen molar-refractivity contribution in [3.05, 3.63) is 54.7 Å². The fraction of sp³-hybridized carbons (Fsp3) is 0.417. The van der Waals surface area contributed by atoms with Gasteiger partial charge in [0.1, 0.15) is 17.6 Å². The lowest BCUT2D eigenvalue weighted by molar-refractivity contribution is 0.215. The molecular weight excluding hydrogens is 440 g/mol. The summed E-state index contributed by atoms with van der Waals surface area (Å²) in [5.41, 5.74) is 0.980. The quantitative estimate of drug-likeness (QED) is 0.528. The molecule has 1 aliphatic heterocycles. The number of aromatic hydroxyl groups is 1. The van der Waals surface area contributed by atoms with E-state index < -0.39 is 18.3 Å². The highest BCUT2D eigenvalue weighted by molar-refractivity contribution is 7.89. The molecule has 0 aliphatic carbocycles. The summed E-state index contributed by atoms with van der Waals surface area (Å²) in [5, 5.41) is 10.6. The van der Waals surface area contributed by atoms with Gasteiger partial charge in [-0.3, -0.25) is 0 Å². The van der Waals surface area contributed by atoms with Crippen molar-refractivity contribution < 1.29 is 18.3 Å². The lowest BCUT2D eigenvalue weighted by Crippen LogP contribution is -2.44. The third-order valence-corrected chi connectivity index (χ3v) is 14.1. The van der Waals surface area contributed by atoms with E-state index in [2.05, 4.69) is 50.4 Å². The predicted molar refractivity (Wildman–Crippen MR) is 130 cm³/mol. The molecule has 0 bridgehead atoms. The van der Waals surface area contributed by atoms with Crippen molar-refractivity contribution in [3.8, 4) is 11.5 Å². The molecule has 2 heterocycles. The normalized spacial score (nSPS) is 18.3. The van der Waals surface area contributed by atoms with Crippen LogP contribution in [-0.4, -0.2) is 49.5 Å². The summed E-state index contributed by atoms with van der Waals surface area (Å²) in [6.45, 7) is 12.1. The summed E-state index contributed by atoms with van der Waals surface area (Å²) in [4.78, 5) is 0.328. The summed E-state index contributed by atoms with van der Waals surface area (Å²) in [6, 6.07) is 14.0. The van der Waals surface area contributed by atoms with Crippen molar-refractivity contribution in [2.45, 2.75) is 56.3 Å². The fourth-order valence-corrected chi connectivity index (χ4v) is 7.47. The first-order valence-electron chi connectivity index (χ1n) is 11.0. The molecule has 1 atom stereocenters. The van der Waals surface area contributed by atoms with Gasteiger partial charge in [0.05, 0.1) is 11.4 Å². The number of ether oxygens (including phenoxy) is 1. The van der Waals surface area contributed by atoms with Gasteiger partial charge in [0.2, 0.25) is 10.0 Å². The van der Waals surface area contributed by atoms with Crippen LogP contribution in [0.15, 0.2) is 59.6 Å². The standard InChI is InChI=1S/C24H32N2O4SSi/c1-24(2,3)32(4,5)26-15-12-18-6-11-22(16-23(18)26)31(28,29)25-14-13-21(17-25)30-20-9-7-19(27)8-10-20/h6-12,15-16,21,27H,13-14,17H2,1-5H3. The monoisotopic (exact) mass is 472 g/mol. The molecule has 3 aromatic rings. The maximum absolute atomic E-state index is 13.4. The number of nitrogens with zero attached hydrogens (tertiary/aromatic N) is 2. The van der Waals surface area contributed by atoms with Crippen LogP contribution in [0, 0.1) is 0 Å². The molecule has 1 aliphatic rings. The second-order valence-corrected chi connectivity index (χ2v) is 17.1. The summed E-state index contributed by atoms with van der Waals surface area (Å²) in [6.07, 6.45) is 2.52. The van der Waals surface area contributed by atoms with E-state index in [0.717, 1.165) is 10.9 Å². The van der Waals surface area contributed by atoms with Crippen LogP contribution < -0.4 is 4.74 Å². The van der Waals surface area contributed by atoms with Gasteiger partial charge in [0, 0.05) is 12.1 Å². The minimum atomic E-state index is -3.62. The van der Waals surface area contributed by atoms with E-state index in [1.165, 1.54) is 4.31 Å². The molecule has 32 heavy (non-hydrogen) atoms. The zero-order valence-corrected chi connectivity index (χ0v) is 21.2. The Morgan fingerprint density at radius 3 is 2.41 bits per heavy atom. The zero-order chi connectivity index (χ0) is 23.3. The Morgan fingerprint density at radius 1 is 1.06 bits per heavy atom. The molecule has 4 rings (SSSR count). The largest absolute Gasteiger partial charge is 0.508 e. The van der Waals surface area contributed by atoms with Gasteiger partial charge in [-0.15, -0.1) is 0 Å². The van der Waals surface area contributed by atoms with Gasteiger partial charge in [0.15, 0.2) is 8.24 Å². The average Bonchev–Trinajstić information content (AvgIpc) is 3.36. The average molecular weight is 473 g/mol. The fourth-order valence-electron chi connectivity index (χ4n) is 4.00. The SMILES string of the molecule is CC(C)(C)[Si](C)(C)n1ccc2ccc(S(=O)(=O)N3CCC(Oc4ccc(O)cc4)C3)cc21. The van der Waals surface area contributed by atoms with Crippen molar-refractivity contribution in [1.82, 2.24) is 8.54 Å². The first-order chi connectivity index (χ1) is 14.9. The van der Waals surface area contributed by atoms with E-state index in [9.17, 15) is 13.5 Å². The van der Waals surface area contributed by atoms with Gasteiger partial charge in [-0.2, -0.15) is 4.31 Å². The summed E-state index contributed by atoms with van der Waals surface area (Å²) in [7, 11) is -5.52. The van der Waals surface area contributed by atoms with E-state index in [1.807, 2.05) is 12.1 Å². The van der Waals surface area contributed by atoms with Gasteiger partial charge >= 0.3 is 0 Å². The van der Waals surface area contributed by atoms with E-state index in [0.29, 0.717) is 30.2 Å². The minimum Gasteiger partial charge on any atom is -0.508 e. The summed E-state index contributed by atoms with van der Waals surface area (Å²) in [5.74, 6) is 0.798. The number of phenolic OH excluding ortho intramolecular Hbond substituents is 1. The van der Waals surface area contributed by atoms with Gasteiger partial charge in [-0.05, 0) is 65.5 Å². The number of benzene rings is 2. The highest BCUT2D eigenvalue weighted by atomic mass is 32.2. The third kappa shape index (κ3) is 4.07.